The van der Waals surface area contributed by atoms with Gasteiger partial charge in [-0.3, -0.25) is 9.69 Å². The second kappa shape index (κ2) is 9.27. The van der Waals surface area contributed by atoms with Crippen LogP contribution >= 0.6 is 0 Å². The minimum absolute atomic E-state index is 0.0244. The molecule has 1 aliphatic rings. The molecule has 0 atom stereocenters. The number of nitrogens with zero attached hydrogens (tertiary/aromatic N) is 1. The van der Waals surface area contributed by atoms with Crippen molar-refractivity contribution >= 4 is 11.6 Å². The van der Waals surface area contributed by atoms with Crippen molar-refractivity contribution in [1.29, 1.82) is 0 Å². The van der Waals surface area contributed by atoms with Gasteiger partial charge in [0.15, 0.2) is 0 Å². The summed E-state index contributed by atoms with van der Waals surface area (Å²) in [5.41, 5.74) is 3.32. The molecule has 1 saturated heterocycles. The highest BCUT2D eigenvalue weighted by molar-refractivity contribution is 6.01. The predicted octanol–water partition coefficient (Wildman–Crippen LogP) is 5.62. The Labute approximate surface area is 179 Å². The Morgan fingerprint density at radius 2 is 1.33 bits per heavy atom. The summed E-state index contributed by atoms with van der Waals surface area (Å²) < 4.78 is 0. The van der Waals surface area contributed by atoms with Crippen molar-refractivity contribution in [2.75, 3.05) is 18.4 Å². The molecule has 0 aromatic heterocycles. The van der Waals surface area contributed by atoms with Crippen molar-refractivity contribution in [3.63, 3.8) is 0 Å². The summed E-state index contributed by atoms with van der Waals surface area (Å²) in [6.45, 7) is 5.35. The van der Waals surface area contributed by atoms with Crippen molar-refractivity contribution in [2.24, 2.45) is 0 Å². The van der Waals surface area contributed by atoms with E-state index in [2.05, 4.69) is 22.3 Å². The van der Waals surface area contributed by atoms with Crippen LogP contribution in [-0.4, -0.2) is 23.9 Å². The number of anilines is 1. The Bertz CT molecular complexity index is 906. The van der Waals surface area contributed by atoms with E-state index in [1.807, 2.05) is 79.7 Å². The molecule has 1 fully saturated rings. The number of likely N-dealkylation sites (tertiary alicyclic amines) is 1. The average molecular weight is 399 g/mol. The number of piperidine rings is 1. The third-order valence-corrected chi connectivity index (χ3v) is 6.22. The maximum absolute atomic E-state index is 13.5. The fourth-order valence-corrected chi connectivity index (χ4v) is 4.30. The van der Waals surface area contributed by atoms with Gasteiger partial charge in [-0.05, 0) is 61.7 Å². The van der Waals surface area contributed by atoms with Gasteiger partial charge in [0.25, 0.3) is 0 Å². The molecule has 0 saturated carbocycles. The van der Waals surface area contributed by atoms with Gasteiger partial charge in [-0.1, -0.05) is 79.2 Å². The summed E-state index contributed by atoms with van der Waals surface area (Å²) >= 11 is 0. The molecule has 0 unspecified atom stereocenters. The molecule has 1 heterocycles. The Hall–Kier alpha value is -2.91. The highest BCUT2D eigenvalue weighted by atomic mass is 16.2. The van der Waals surface area contributed by atoms with Crippen LogP contribution in [0.5, 0.6) is 0 Å². The molecule has 1 N–H and O–H groups in total. The number of hydrogen-bond acceptors (Lipinski definition) is 2. The molecule has 1 aliphatic heterocycles. The number of carbonyl (C=O) groups is 1. The Kier molecular flexibility index (Phi) is 6.29. The standard InChI is InChI=1S/C27H30N2O/c1-27(23-11-5-2-6-12-23,24-13-7-3-8-14-24)26(30)28-25-17-15-22(16-18-25)21-29-19-9-4-10-20-29/h2-3,5-8,11-18H,4,9-10,19-21H2,1H3,(H,28,30). The third-order valence-electron chi connectivity index (χ3n) is 6.22. The van der Waals surface area contributed by atoms with Crippen LogP contribution in [0.2, 0.25) is 0 Å². The van der Waals surface area contributed by atoms with Gasteiger partial charge in [0, 0.05) is 12.2 Å². The van der Waals surface area contributed by atoms with Crippen LogP contribution in [0.25, 0.3) is 0 Å². The molecule has 3 aromatic rings. The van der Waals surface area contributed by atoms with E-state index in [1.54, 1.807) is 0 Å². The van der Waals surface area contributed by atoms with E-state index < -0.39 is 5.41 Å². The topological polar surface area (TPSA) is 32.3 Å². The number of nitrogens with one attached hydrogen (secondary N) is 1. The summed E-state index contributed by atoms with van der Waals surface area (Å²) in [5.74, 6) is -0.0244. The highest BCUT2D eigenvalue weighted by Gasteiger charge is 2.37. The Morgan fingerprint density at radius 1 is 0.800 bits per heavy atom. The summed E-state index contributed by atoms with van der Waals surface area (Å²) in [5, 5.41) is 3.16. The fourth-order valence-electron chi connectivity index (χ4n) is 4.30. The van der Waals surface area contributed by atoms with Crippen molar-refractivity contribution in [3.8, 4) is 0 Å². The highest BCUT2D eigenvalue weighted by Crippen LogP contribution is 2.33. The monoisotopic (exact) mass is 398 g/mol. The maximum atomic E-state index is 13.5. The van der Waals surface area contributed by atoms with Crippen LogP contribution in [0.3, 0.4) is 0 Å². The minimum Gasteiger partial charge on any atom is -0.325 e. The first-order valence-corrected chi connectivity index (χ1v) is 10.9. The van der Waals surface area contributed by atoms with Gasteiger partial charge in [0.2, 0.25) is 5.91 Å². The zero-order valence-electron chi connectivity index (χ0n) is 17.7. The number of hydrogen-bond donors (Lipinski definition) is 1. The molecule has 30 heavy (non-hydrogen) atoms. The molecule has 1 amide bonds. The Morgan fingerprint density at radius 3 is 1.87 bits per heavy atom. The first-order valence-electron chi connectivity index (χ1n) is 10.9. The lowest BCUT2D eigenvalue weighted by Crippen LogP contribution is -2.38. The summed E-state index contributed by atoms with van der Waals surface area (Å²) in [6.07, 6.45) is 3.94. The van der Waals surface area contributed by atoms with Gasteiger partial charge >= 0.3 is 0 Å². The first-order chi connectivity index (χ1) is 14.7. The zero-order valence-corrected chi connectivity index (χ0v) is 17.7. The van der Waals surface area contributed by atoms with Crippen LogP contribution in [0.15, 0.2) is 84.9 Å². The van der Waals surface area contributed by atoms with Gasteiger partial charge in [0.1, 0.15) is 0 Å². The zero-order chi connectivity index (χ0) is 20.8. The number of amides is 1. The molecule has 0 radical (unpaired) electrons. The lowest BCUT2D eigenvalue weighted by molar-refractivity contribution is -0.119. The summed E-state index contributed by atoms with van der Waals surface area (Å²) in [7, 11) is 0. The third kappa shape index (κ3) is 4.47. The fraction of sp³-hybridized carbons (Fsp3) is 0.296. The molecule has 154 valence electrons. The number of benzene rings is 3. The van der Waals surface area contributed by atoms with Crippen LogP contribution in [0.1, 0.15) is 42.9 Å². The van der Waals surface area contributed by atoms with E-state index in [-0.39, 0.29) is 5.91 Å². The quantitative estimate of drug-likeness (QED) is 0.585. The maximum Gasteiger partial charge on any atom is 0.239 e. The Balaban J connectivity index is 1.53. The van der Waals surface area contributed by atoms with Crippen LogP contribution in [-0.2, 0) is 16.8 Å². The molecule has 0 spiro atoms. The van der Waals surface area contributed by atoms with Gasteiger partial charge in [-0.2, -0.15) is 0 Å². The van der Waals surface area contributed by atoms with Crippen LogP contribution in [0, 0.1) is 0 Å². The lowest BCUT2D eigenvalue weighted by Gasteiger charge is -2.30. The molecule has 4 rings (SSSR count). The second-order valence-corrected chi connectivity index (χ2v) is 8.34. The smallest absolute Gasteiger partial charge is 0.239 e. The van der Waals surface area contributed by atoms with E-state index in [9.17, 15) is 4.79 Å². The number of carbonyl (C=O) groups excluding carboxylic acids is 1. The predicted molar refractivity (Wildman–Crippen MR) is 124 cm³/mol. The minimum atomic E-state index is -0.769. The SMILES string of the molecule is CC(C(=O)Nc1ccc(CN2CCCCC2)cc1)(c1ccccc1)c1ccccc1. The average Bonchev–Trinajstić information content (AvgIpc) is 2.81. The van der Waals surface area contributed by atoms with Crippen LogP contribution < -0.4 is 5.32 Å². The molecule has 0 bridgehead atoms. The van der Waals surface area contributed by atoms with Crippen molar-refractivity contribution in [3.05, 3.63) is 102 Å². The lowest BCUT2D eigenvalue weighted by atomic mass is 9.75. The van der Waals surface area contributed by atoms with Crippen molar-refractivity contribution < 1.29 is 4.79 Å². The van der Waals surface area contributed by atoms with E-state index in [1.165, 1.54) is 37.9 Å². The molecular formula is C27H30N2O. The van der Waals surface area contributed by atoms with Crippen molar-refractivity contribution in [1.82, 2.24) is 4.90 Å². The first kappa shape index (κ1) is 20.4. The largest absolute Gasteiger partial charge is 0.325 e. The van der Waals surface area contributed by atoms with E-state index in [0.717, 1.165) is 23.4 Å². The van der Waals surface area contributed by atoms with Gasteiger partial charge in [-0.25, -0.2) is 0 Å². The van der Waals surface area contributed by atoms with E-state index in [0.29, 0.717) is 0 Å². The molecule has 3 heteroatoms. The molecule has 0 aliphatic carbocycles. The van der Waals surface area contributed by atoms with Gasteiger partial charge in [0.05, 0.1) is 5.41 Å². The molecule has 3 nitrogen and oxygen atoms in total. The van der Waals surface area contributed by atoms with Crippen LogP contribution in [0.4, 0.5) is 5.69 Å². The van der Waals surface area contributed by atoms with E-state index in [4.69, 9.17) is 0 Å². The summed E-state index contributed by atoms with van der Waals surface area (Å²) in [4.78, 5) is 16.0. The van der Waals surface area contributed by atoms with Crippen molar-refractivity contribution in [2.45, 2.75) is 38.1 Å². The van der Waals surface area contributed by atoms with E-state index >= 15 is 0 Å². The summed E-state index contributed by atoms with van der Waals surface area (Å²) in [6, 6.07) is 28.3. The van der Waals surface area contributed by atoms with Gasteiger partial charge < -0.3 is 5.32 Å². The number of rotatable bonds is 6. The molecule has 3 aromatic carbocycles. The second-order valence-electron chi connectivity index (χ2n) is 8.34. The van der Waals surface area contributed by atoms with Gasteiger partial charge in [-0.15, -0.1) is 0 Å². The normalized spacial score (nSPS) is 15.0. The molecular weight excluding hydrogens is 368 g/mol.